The number of halogens is 1. The Morgan fingerprint density at radius 1 is 1.19 bits per heavy atom. The molecule has 0 radical (unpaired) electrons. The molecule has 1 heterocycles. The molecular weight excluding hydrogens is 267 g/mol. The lowest BCUT2D eigenvalue weighted by atomic mass is 10.0. The van der Waals surface area contributed by atoms with Gasteiger partial charge in [-0.15, -0.1) is 0 Å². The van der Waals surface area contributed by atoms with E-state index in [2.05, 4.69) is 29.4 Å². The zero-order chi connectivity index (χ0) is 15.2. The summed E-state index contributed by atoms with van der Waals surface area (Å²) in [6.45, 7) is 4.05. The average molecular weight is 288 g/mol. The number of aromatic nitrogens is 1. The molecule has 0 saturated heterocycles. The van der Waals surface area contributed by atoms with Crippen molar-refractivity contribution in [2.24, 2.45) is 0 Å². The van der Waals surface area contributed by atoms with Crippen LogP contribution in [0.4, 0.5) is 4.39 Å². The van der Waals surface area contributed by atoms with Crippen LogP contribution in [0.2, 0.25) is 0 Å². The predicted molar refractivity (Wildman–Crippen MR) is 81.4 cm³/mol. The summed E-state index contributed by atoms with van der Waals surface area (Å²) in [6, 6.07) is 11.0. The molecule has 0 fully saturated rings. The molecule has 2 N–H and O–H groups in total. The van der Waals surface area contributed by atoms with Crippen LogP contribution in [0.1, 0.15) is 42.8 Å². The monoisotopic (exact) mass is 288 g/mol. The smallest absolute Gasteiger partial charge is 0.141 e. The third-order valence-corrected chi connectivity index (χ3v) is 3.62. The molecule has 1 aromatic carbocycles. The maximum atomic E-state index is 12.9. The van der Waals surface area contributed by atoms with Crippen molar-refractivity contribution >= 4 is 0 Å². The minimum absolute atomic E-state index is 0.00297. The highest BCUT2D eigenvalue weighted by atomic mass is 19.1. The molecule has 0 aliphatic heterocycles. The van der Waals surface area contributed by atoms with E-state index in [0.717, 1.165) is 17.7 Å². The standard InChI is InChI=1S/C17H21FN2O/c1-3-13-4-6-14(7-5-13)17(11-21)20-12(2)16-9-8-15(18)10-19-16/h4-10,12,17,20-21H,3,11H2,1-2H3. The minimum atomic E-state index is -0.347. The molecule has 2 unspecified atom stereocenters. The molecule has 2 rings (SSSR count). The van der Waals surface area contributed by atoms with E-state index in [1.807, 2.05) is 19.1 Å². The molecule has 1 aromatic heterocycles. The van der Waals surface area contributed by atoms with E-state index in [1.165, 1.54) is 17.8 Å². The molecule has 3 nitrogen and oxygen atoms in total. The number of aryl methyl sites for hydroxylation is 1. The van der Waals surface area contributed by atoms with Crippen molar-refractivity contribution in [3.63, 3.8) is 0 Å². The van der Waals surface area contributed by atoms with E-state index in [-0.39, 0.29) is 24.5 Å². The SMILES string of the molecule is CCc1ccc(C(CO)NC(C)c2ccc(F)cn2)cc1. The minimum Gasteiger partial charge on any atom is -0.394 e. The molecule has 0 saturated carbocycles. The number of benzene rings is 1. The highest BCUT2D eigenvalue weighted by molar-refractivity contribution is 5.25. The van der Waals surface area contributed by atoms with Crippen LogP contribution >= 0.6 is 0 Å². The number of aliphatic hydroxyl groups excluding tert-OH is 1. The summed E-state index contributed by atoms with van der Waals surface area (Å²) >= 11 is 0. The molecule has 4 heteroatoms. The van der Waals surface area contributed by atoms with Gasteiger partial charge in [0, 0.05) is 6.04 Å². The van der Waals surface area contributed by atoms with Gasteiger partial charge in [0.25, 0.3) is 0 Å². The molecule has 0 spiro atoms. The first-order chi connectivity index (χ1) is 10.1. The second kappa shape index (κ2) is 7.29. The molecule has 21 heavy (non-hydrogen) atoms. The fraction of sp³-hybridized carbons (Fsp3) is 0.353. The van der Waals surface area contributed by atoms with Gasteiger partial charge in [0.1, 0.15) is 5.82 Å². The van der Waals surface area contributed by atoms with Crippen molar-refractivity contribution in [2.75, 3.05) is 6.61 Å². The number of nitrogens with zero attached hydrogens (tertiary/aromatic N) is 1. The topological polar surface area (TPSA) is 45.1 Å². The van der Waals surface area contributed by atoms with Gasteiger partial charge >= 0.3 is 0 Å². The van der Waals surface area contributed by atoms with Crippen molar-refractivity contribution in [2.45, 2.75) is 32.4 Å². The first-order valence-corrected chi connectivity index (χ1v) is 7.21. The summed E-state index contributed by atoms with van der Waals surface area (Å²) in [6.07, 6.45) is 2.20. The third-order valence-electron chi connectivity index (χ3n) is 3.62. The summed E-state index contributed by atoms with van der Waals surface area (Å²) in [5.74, 6) is -0.347. The van der Waals surface area contributed by atoms with Crippen molar-refractivity contribution in [3.05, 3.63) is 65.2 Å². The summed E-state index contributed by atoms with van der Waals surface area (Å²) in [4.78, 5) is 4.07. The summed E-state index contributed by atoms with van der Waals surface area (Å²) in [7, 11) is 0. The molecular formula is C17H21FN2O. The largest absolute Gasteiger partial charge is 0.394 e. The van der Waals surface area contributed by atoms with Gasteiger partial charge < -0.3 is 5.11 Å². The molecule has 0 aliphatic carbocycles. The maximum absolute atomic E-state index is 12.9. The van der Waals surface area contributed by atoms with Crippen LogP contribution in [-0.4, -0.2) is 16.7 Å². The second-order valence-electron chi connectivity index (χ2n) is 5.12. The normalized spacial score (nSPS) is 13.9. The van der Waals surface area contributed by atoms with Gasteiger partial charge in [0.05, 0.1) is 24.5 Å². The average Bonchev–Trinajstić information content (AvgIpc) is 2.53. The maximum Gasteiger partial charge on any atom is 0.141 e. The summed E-state index contributed by atoms with van der Waals surface area (Å²) in [5.41, 5.74) is 3.05. The lowest BCUT2D eigenvalue weighted by Crippen LogP contribution is -2.27. The molecule has 0 aliphatic rings. The van der Waals surface area contributed by atoms with E-state index in [9.17, 15) is 9.50 Å². The van der Waals surface area contributed by atoms with E-state index in [0.29, 0.717) is 0 Å². The lowest BCUT2D eigenvalue weighted by Gasteiger charge is -2.22. The van der Waals surface area contributed by atoms with Crippen LogP contribution in [0.3, 0.4) is 0 Å². The zero-order valence-corrected chi connectivity index (χ0v) is 12.4. The molecule has 112 valence electrons. The molecule has 0 amide bonds. The number of aliphatic hydroxyl groups is 1. The van der Waals surface area contributed by atoms with E-state index < -0.39 is 0 Å². The zero-order valence-electron chi connectivity index (χ0n) is 12.4. The van der Waals surface area contributed by atoms with Crippen LogP contribution < -0.4 is 5.32 Å². The summed E-state index contributed by atoms with van der Waals surface area (Å²) < 4.78 is 12.9. The van der Waals surface area contributed by atoms with E-state index in [4.69, 9.17) is 0 Å². The first-order valence-electron chi connectivity index (χ1n) is 7.21. The van der Waals surface area contributed by atoms with Gasteiger partial charge in [0.2, 0.25) is 0 Å². The Balaban J connectivity index is 2.08. The van der Waals surface area contributed by atoms with Gasteiger partial charge in [-0.25, -0.2) is 4.39 Å². The van der Waals surface area contributed by atoms with Crippen LogP contribution in [0.25, 0.3) is 0 Å². The Labute approximate surface area is 124 Å². The van der Waals surface area contributed by atoms with Crippen molar-refractivity contribution in [3.8, 4) is 0 Å². The van der Waals surface area contributed by atoms with E-state index in [1.54, 1.807) is 6.07 Å². The second-order valence-corrected chi connectivity index (χ2v) is 5.12. The highest BCUT2D eigenvalue weighted by Crippen LogP contribution is 2.19. The molecule has 0 bridgehead atoms. The number of hydrogen-bond acceptors (Lipinski definition) is 3. The first kappa shape index (κ1) is 15.6. The number of rotatable bonds is 6. The molecule has 2 aromatic rings. The van der Waals surface area contributed by atoms with Crippen LogP contribution in [0, 0.1) is 5.82 Å². The van der Waals surface area contributed by atoms with Gasteiger partial charge in [-0.2, -0.15) is 0 Å². The van der Waals surface area contributed by atoms with Crippen LogP contribution in [0.5, 0.6) is 0 Å². The number of nitrogens with one attached hydrogen (secondary N) is 1. The number of pyridine rings is 1. The Hall–Kier alpha value is -1.78. The Morgan fingerprint density at radius 2 is 1.90 bits per heavy atom. The number of hydrogen-bond donors (Lipinski definition) is 2. The van der Waals surface area contributed by atoms with Gasteiger partial charge in [-0.05, 0) is 36.6 Å². The lowest BCUT2D eigenvalue weighted by molar-refractivity contribution is 0.235. The Bertz CT molecular complexity index is 554. The highest BCUT2D eigenvalue weighted by Gasteiger charge is 2.15. The Morgan fingerprint density at radius 3 is 2.43 bits per heavy atom. The van der Waals surface area contributed by atoms with Crippen molar-refractivity contribution < 1.29 is 9.50 Å². The van der Waals surface area contributed by atoms with Crippen molar-refractivity contribution in [1.29, 1.82) is 0 Å². The van der Waals surface area contributed by atoms with Gasteiger partial charge in [-0.1, -0.05) is 31.2 Å². The predicted octanol–water partition coefficient (Wildman–Crippen LogP) is 3.17. The fourth-order valence-corrected chi connectivity index (χ4v) is 2.27. The van der Waals surface area contributed by atoms with Crippen LogP contribution in [0.15, 0.2) is 42.6 Å². The van der Waals surface area contributed by atoms with E-state index >= 15 is 0 Å². The Kier molecular flexibility index (Phi) is 5.42. The molecule has 2 atom stereocenters. The quantitative estimate of drug-likeness (QED) is 0.858. The van der Waals surface area contributed by atoms with Gasteiger partial charge in [-0.3, -0.25) is 10.3 Å². The van der Waals surface area contributed by atoms with Crippen molar-refractivity contribution in [1.82, 2.24) is 10.3 Å². The van der Waals surface area contributed by atoms with Crippen LogP contribution in [-0.2, 0) is 6.42 Å². The summed E-state index contributed by atoms with van der Waals surface area (Å²) in [5, 5.41) is 12.9. The van der Waals surface area contributed by atoms with Gasteiger partial charge in [0.15, 0.2) is 0 Å². The third kappa shape index (κ3) is 4.09. The fourth-order valence-electron chi connectivity index (χ4n) is 2.27.